The Bertz CT molecular complexity index is 1150. The molecule has 0 saturated carbocycles. The summed E-state index contributed by atoms with van der Waals surface area (Å²) in [6.45, 7) is 4.85. The molecule has 0 bridgehead atoms. The first-order valence-electron chi connectivity index (χ1n) is 10.4. The normalized spacial score (nSPS) is 18.7. The number of benzene rings is 1. The van der Waals surface area contributed by atoms with Crippen LogP contribution in [-0.4, -0.2) is 65.9 Å². The summed E-state index contributed by atoms with van der Waals surface area (Å²) in [5, 5.41) is 5.97. The number of aryl methyl sites for hydroxylation is 1. The lowest BCUT2D eigenvalue weighted by atomic mass is 10.0. The molecular weight excluding hydrogens is 521 g/mol. The number of nitrogens with one attached hydrogen (secondary N) is 3. The van der Waals surface area contributed by atoms with Gasteiger partial charge in [0.15, 0.2) is 0 Å². The number of H-pyrrole nitrogens is 1. The maximum Gasteiger partial charge on any atom is 0.319 e. The van der Waals surface area contributed by atoms with Crippen molar-refractivity contribution >= 4 is 57.8 Å². The van der Waals surface area contributed by atoms with Gasteiger partial charge in [0.25, 0.3) is 11.8 Å². The number of carbonyl (C=O) groups is 3. The average Bonchev–Trinajstić information content (AvgIpc) is 3.38. The highest BCUT2D eigenvalue weighted by atomic mass is 127. The van der Waals surface area contributed by atoms with E-state index in [0.717, 1.165) is 38.2 Å². The summed E-state index contributed by atoms with van der Waals surface area (Å²) in [4.78, 5) is 44.3. The molecule has 2 aliphatic heterocycles. The molecule has 1 aromatic carbocycles. The van der Waals surface area contributed by atoms with E-state index in [1.807, 2.05) is 32.0 Å². The molecule has 0 aliphatic carbocycles. The number of anilines is 1. The van der Waals surface area contributed by atoms with Gasteiger partial charge >= 0.3 is 6.03 Å². The average molecular weight is 547 g/mol. The number of urea groups is 1. The molecule has 1 saturated heterocycles. The monoisotopic (exact) mass is 547 g/mol. The summed E-state index contributed by atoms with van der Waals surface area (Å²) in [5.74, 6) is -0.327. The molecule has 0 spiro atoms. The Morgan fingerprint density at radius 1 is 1.28 bits per heavy atom. The lowest BCUT2D eigenvalue weighted by Gasteiger charge is -2.21. The molecule has 168 valence electrons. The molecule has 4 rings (SSSR count). The SMILES string of the molecule is Cc1[nH]c(/C=C2\C(=O)Nc3cc(I)ccc32)c(C)c1C(=O)N[C@H]1CCN(C(=O)N(C)C)C1. The number of amides is 4. The van der Waals surface area contributed by atoms with E-state index < -0.39 is 0 Å². The summed E-state index contributed by atoms with van der Waals surface area (Å²) < 4.78 is 1.05. The zero-order valence-electron chi connectivity index (χ0n) is 18.5. The molecule has 1 atom stereocenters. The number of nitrogens with zero attached hydrogens (tertiary/aromatic N) is 2. The van der Waals surface area contributed by atoms with Crippen LogP contribution in [0.5, 0.6) is 0 Å². The van der Waals surface area contributed by atoms with Crippen molar-refractivity contribution in [1.29, 1.82) is 0 Å². The Labute approximate surface area is 200 Å². The summed E-state index contributed by atoms with van der Waals surface area (Å²) in [7, 11) is 3.45. The van der Waals surface area contributed by atoms with Crippen LogP contribution in [-0.2, 0) is 4.79 Å². The number of aromatic nitrogens is 1. The zero-order valence-corrected chi connectivity index (χ0v) is 20.7. The molecule has 3 N–H and O–H groups in total. The number of rotatable bonds is 3. The van der Waals surface area contributed by atoms with Crippen molar-refractivity contribution in [3.8, 4) is 0 Å². The maximum absolute atomic E-state index is 13.1. The van der Waals surface area contributed by atoms with E-state index >= 15 is 0 Å². The molecular formula is C23H26IN5O3. The van der Waals surface area contributed by atoms with Gasteiger partial charge in [-0.3, -0.25) is 9.59 Å². The van der Waals surface area contributed by atoms with Crippen LogP contribution in [0.15, 0.2) is 18.2 Å². The van der Waals surface area contributed by atoms with Crippen LogP contribution in [0.2, 0.25) is 0 Å². The highest BCUT2D eigenvalue weighted by Crippen LogP contribution is 2.35. The molecule has 0 unspecified atom stereocenters. The highest BCUT2D eigenvalue weighted by Gasteiger charge is 2.30. The third-order valence-corrected chi connectivity index (χ3v) is 6.60. The van der Waals surface area contributed by atoms with Gasteiger partial charge in [-0.05, 0) is 66.6 Å². The quantitative estimate of drug-likeness (QED) is 0.407. The minimum absolute atomic E-state index is 0.0468. The summed E-state index contributed by atoms with van der Waals surface area (Å²) in [6.07, 6.45) is 2.53. The summed E-state index contributed by atoms with van der Waals surface area (Å²) >= 11 is 2.21. The lowest BCUT2D eigenvalue weighted by Crippen LogP contribution is -2.41. The first-order chi connectivity index (χ1) is 15.2. The highest BCUT2D eigenvalue weighted by molar-refractivity contribution is 14.1. The smallest absolute Gasteiger partial charge is 0.319 e. The van der Waals surface area contributed by atoms with Crippen LogP contribution in [0.4, 0.5) is 10.5 Å². The Kier molecular flexibility index (Phi) is 6.02. The summed E-state index contributed by atoms with van der Waals surface area (Å²) in [5.41, 5.74) is 5.07. The standard InChI is InChI=1S/C23H26IN5O3/c1-12-18(10-17-16-6-5-14(24)9-19(16)27-21(17)30)25-13(2)20(12)22(31)26-15-7-8-29(11-15)23(32)28(3)4/h5-6,9-10,15,25H,7-8,11H2,1-4H3,(H,26,31)(H,27,30)/b17-10-/t15-/m0/s1. The predicted octanol–water partition coefficient (Wildman–Crippen LogP) is 3.21. The van der Waals surface area contributed by atoms with Crippen molar-refractivity contribution in [2.45, 2.75) is 26.3 Å². The van der Waals surface area contributed by atoms with Crippen LogP contribution in [0.3, 0.4) is 0 Å². The second-order valence-corrected chi connectivity index (χ2v) is 9.69. The Hall–Kier alpha value is -2.82. The van der Waals surface area contributed by atoms with Gasteiger partial charge in [0, 0.05) is 53.7 Å². The van der Waals surface area contributed by atoms with Gasteiger partial charge in [-0.15, -0.1) is 0 Å². The van der Waals surface area contributed by atoms with E-state index in [9.17, 15) is 14.4 Å². The fraction of sp³-hybridized carbons (Fsp3) is 0.348. The first kappa shape index (κ1) is 22.4. The molecule has 3 heterocycles. The van der Waals surface area contributed by atoms with Crippen LogP contribution in [0, 0.1) is 17.4 Å². The van der Waals surface area contributed by atoms with Gasteiger partial charge in [0.1, 0.15) is 0 Å². The molecule has 2 aliphatic rings. The fourth-order valence-electron chi connectivity index (χ4n) is 4.31. The molecule has 2 aromatic rings. The Balaban J connectivity index is 1.54. The van der Waals surface area contributed by atoms with Gasteiger partial charge in [-0.1, -0.05) is 6.07 Å². The Morgan fingerprint density at radius 3 is 2.75 bits per heavy atom. The van der Waals surface area contributed by atoms with Crippen LogP contribution >= 0.6 is 22.6 Å². The van der Waals surface area contributed by atoms with Crippen molar-refractivity contribution in [2.75, 3.05) is 32.5 Å². The van der Waals surface area contributed by atoms with Gasteiger partial charge in [0.05, 0.1) is 16.8 Å². The zero-order chi connectivity index (χ0) is 23.2. The first-order valence-corrected chi connectivity index (χ1v) is 11.5. The van der Waals surface area contributed by atoms with Crippen LogP contribution < -0.4 is 10.6 Å². The number of hydrogen-bond donors (Lipinski definition) is 3. The molecule has 9 heteroatoms. The summed E-state index contributed by atoms with van der Waals surface area (Å²) in [6, 6.07) is 5.70. The van der Waals surface area contributed by atoms with Gasteiger partial charge in [-0.2, -0.15) is 0 Å². The molecule has 0 radical (unpaired) electrons. The minimum Gasteiger partial charge on any atom is -0.358 e. The fourth-order valence-corrected chi connectivity index (χ4v) is 4.80. The van der Waals surface area contributed by atoms with Crippen molar-refractivity contribution in [2.24, 2.45) is 0 Å². The molecule has 8 nitrogen and oxygen atoms in total. The Morgan fingerprint density at radius 2 is 2.03 bits per heavy atom. The number of aromatic amines is 1. The van der Waals surface area contributed by atoms with E-state index in [-0.39, 0.29) is 23.9 Å². The number of fused-ring (bicyclic) bond motifs is 1. The van der Waals surface area contributed by atoms with Crippen molar-refractivity contribution in [3.05, 3.63) is 49.8 Å². The third kappa shape index (κ3) is 4.13. The van der Waals surface area contributed by atoms with E-state index in [1.165, 1.54) is 0 Å². The van der Waals surface area contributed by atoms with E-state index in [0.29, 0.717) is 24.2 Å². The molecule has 4 amide bonds. The predicted molar refractivity (Wildman–Crippen MR) is 132 cm³/mol. The largest absolute Gasteiger partial charge is 0.358 e. The van der Waals surface area contributed by atoms with E-state index in [4.69, 9.17) is 0 Å². The van der Waals surface area contributed by atoms with Crippen molar-refractivity contribution in [3.63, 3.8) is 0 Å². The van der Waals surface area contributed by atoms with Crippen molar-refractivity contribution < 1.29 is 14.4 Å². The number of hydrogen-bond acceptors (Lipinski definition) is 3. The second-order valence-electron chi connectivity index (χ2n) is 8.45. The van der Waals surface area contributed by atoms with Gasteiger partial charge in [0.2, 0.25) is 0 Å². The second kappa shape index (κ2) is 8.61. The number of likely N-dealkylation sites (tertiary alicyclic amines) is 1. The number of halogens is 1. The maximum atomic E-state index is 13.1. The number of carbonyl (C=O) groups excluding carboxylic acids is 3. The molecule has 1 aromatic heterocycles. The van der Waals surface area contributed by atoms with Gasteiger partial charge < -0.3 is 25.4 Å². The third-order valence-electron chi connectivity index (χ3n) is 5.93. The van der Waals surface area contributed by atoms with Crippen LogP contribution in [0.25, 0.3) is 11.6 Å². The minimum atomic E-state index is -0.170. The van der Waals surface area contributed by atoms with E-state index in [2.05, 4.69) is 38.2 Å². The molecule has 1 fully saturated rings. The van der Waals surface area contributed by atoms with Crippen LogP contribution in [0.1, 0.15) is 39.3 Å². The van der Waals surface area contributed by atoms with Gasteiger partial charge in [-0.25, -0.2) is 4.79 Å². The van der Waals surface area contributed by atoms with Crippen molar-refractivity contribution in [1.82, 2.24) is 20.1 Å². The molecule has 32 heavy (non-hydrogen) atoms. The topological polar surface area (TPSA) is 97.5 Å². The van der Waals surface area contributed by atoms with E-state index in [1.54, 1.807) is 30.0 Å². The lowest BCUT2D eigenvalue weighted by molar-refractivity contribution is -0.110.